The molecule has 0 aliphatic heterocycles. The van der Waals surface area contributed by atoms with Crippen LogP contribution in [0, 0.1) is 0 Å². The molecule has 1 aromatic rings. The Morgan fingerprint density at radius 1 is 1.26 bits per heavy atom. The van der Waals surface area contributed by atoms with Crippen LogP contribution in [0.3, 0.4) is 0 Å². The zero-order valence-electron chi connectivity index (χ0n) is 11.1. The SMILES string of the molecule is CCOCc1ccccc1NS(=O)(=O)CCCCCl. The van der Waals surface area contributed by atoms with Crippen LogP contribution in [0.1, 0.15) is 25.3 Å². The Morgan fingerprint density at radius 2 is 2.00 bits per heavy atom. The minimum absolute atomic E-state index is 0.0860. The van der Waals surface area contributed by atoms with Crippen LogP contribution in [0.25, 0.3) is 0 Å². The van der Waals surface area contributed by atoms with Crippen LogP contribution in [0.2, 0.25) is 0 Å². The van der Waals surface area contributed by atoms with Crippen molar-refractivity contribution in [1.29, 1.82) is 0 Å². The van der Waals surface area contributed by atoms with Crippen molar-refractivity contribution >= 4 is 27.3 Å². The zero-order chi connectivity index (χ0) is 14.1. The fourth-order valence-corrected chi connectivity index (χ4v) is 2.97. The zero-order valence-corrected chi connectivity index (χ0v) is 12.6. The molecule has 6 heteroatoms. The summed E-state index contributed by atoms with van der Waals surface area (Å²) in [6.45, 7) is 2.90. The van der Waals surface area contributed by atoms with Gasteiger partial charge in [0.05, 0.1) is 18.0 Å². The molecule has 1 aromatic carbocycles. The predicted molar refractivity (Wildman–Crippen MR) is 79.1 cm³/mol. The largest absolute Gasteiger partial charge is 0.377 e. The van der Waals surface area contributed by atoms with Gasteiger partial charge in [-0.15, -0.1) is 11.6 Å². The molecule has 0 atom stereocenters. The highest BCUT2D eigenvalue weighted by atomic mass is 35.5. The molecule has 0 aliphatic carbocycles. The lowest BCUT2D eigenvalue weighted by Crippen LogP contribution is -2.18. The highest BCUT2D eigenvalue weighted by Gasteiger charge is 2.12. The van der Waals surface area contributed by atoms with E-state index in [-0.39, 0.29) is 5.75 Å². The van der Waals surface area contributed by atoms with Gasteiger partial charge in [0.25, 0.3) is 0 Å². The van der Waals surface area contributed by atoms with Crippen LogP contribution in [0.15, 0.2) is 24.3 Å². The molecule has 0 spiro atoms. The number of hydrogen-bond donors (Lipinski definition) is 1. The number of unbranched alkanes of at least 4 members (excludes halogenated alkanes) is 1. The Bertz CT molecular complexity index is 477. The summed E-state index contributed by atoms with van der Waals surface area (Å²) in [6.07, 6.45) is 1.26. The monoisotopic (exact) mass is 305 g/mol. The molecule has 0 saturated heterocycles. The number of para-hydroxylation sites is 1. The standard InChI is InChI=1S/C13H20ClNO3S/c1-2-18-11-12-7-3-4-8-13(12)15-19(16,17)10-6-5-9-14/h3-4,7-8,15H,2,5-6,9-11H2,1H3. The minimum Gasteiger partial charge on any atom is -0.377 e. The molecule has 0 aliphatic rings. The maximum Gasteiger partial charge on any atom is 0.232 e. The molecule has 0 unspecified atom stereocenters. The summed E-state index contributed by atoms with van der Waals surface area (Å²) in [4.78, 5) is 0. The van der Waals surface area contributed by atoms with Crippen LogP contribution in [0.4, 0.5) is 5.69 Å². The van der Waals surface area contributed by atoms with Gasteiger partial charge in [0.15, 0.2) is 0 Å². The van der Waals surface area contributed by atoms with Gasteiger partial charge >= 0.3 is 0 Å². The highest BCUT2D eigenvalue weighted by Crippen LogP contribution is 2.18. The summed E-state index contributed by atoms with van der Waals surface area (Å²) in [5.74, 6) is 0.569. The molecule has 0 bridgehead atoms. The van der Waals surface area contributed by atoms with Crippen LogP contribution in [-0.2, 0) is 21.4 Å². The third-order valence-electron chi connectivity index (χ3n) is 2.54. The Morgan fingerprint density at radius 3 is 2.68 bits per heavy atom. The lowest BCUT2D eigenvalue weighted by atomic mass is 10.2. The first-order chi connectivity index (χ1) is 9.09. The molecule has 0 amide bonds. The molecular formula is C13H20ClNO3S. The maximum absolute atomic E-state index is 11.9. The van der Waals surface area contributed by atoms with Crippen molar-refractivity contribution in [2.45, 2.75) is 26.4 Å². The van der Waals surface area contributed by atoms with Gasteiger partial charge in [-0.25, -0.2) is 8.42 Å². The smallest absolute Gasteiger partial charge is 0.232 e. The number of anilines is 1. The first kappa shape index (κ1) is 16.3. The molecule has 0 radical (unpaired) electrons. The Hall–Kier alpha value is -0.780. The van der Waals surface area contributed by atoms with E-state index < -0.39 is 10.0 Å². The normalized spacial score (nSPS) is 11.5. The number of ether oxygens (including phenoxy) is 1. The van der Waals surface area contributed by atoms with Crippen LogP contribution in [0.5, 0.6) is 0 Å². The Balaban J connectivity index is 2.69. The third-order valence-corrected chi connectivity index (χ3v) is 4.17. The predicted octanol–water partition coefficient (Wildman–Crippen LogP) is 2.98. The lowest BCUT2D eigenvalue weighted by Gasteiger charge is -2.12. The van der Waals surface area contributed by atoms with Crippen LogP contribution >= 0.6 is 11.6 Å². The minimum atomic E-state index is -3.32. The van der Waals surface area contributed by atoms with Gasteiger partial charge in [0, 0.05) is 18.1 Å². The summed E-state index contributed by atoms with van der Waals surface area (Å²) in [7, 11) is -3.32. The first-order valence-electron chi connectivity index (χ1n) is 6.31. The number of hydrogen-bond acceptors (Lipinski definition) is 3. The van der Waals surface area contributed by atoms with Crippen LogP contribution < -0.4 is 4.72 Å². The van der Waals surface area contributed by atoms with Crippen molar-refractivity contribution < 1.29 is 13.2 Å². The summed E-state index contributed by atoms with van der Waals surface area (Å²) in [6, 6.07) is 7.26. The second-order valence-corrected chi connectivity index (χ2v) is 6.33. The van der Waals surface area contributed by atoms with Crippen molar-refractivity contribution in [2.75, 3.05) is 23.0 Å². The number of rotatable bonds is 9. The van der Waals surface area contributed by atoms with Gasteiger partial charge in [-0.3, -0.25) is 4.72 Å². The Kier molecular flexibility index (Phi) is 7.20. The van der Waals surface area contributed by atoms with E-state index in [1.165, 1.54) is 0 Å². The van der Waals surface area contributed by atoms with Gasteiger partial charge in [-0.05, 0) is 25.8 Å². The summed E-state index contributed by atoms with van der Waals surface area (Å²) in [5, 5.41) is 0. The molecule has 108 valence electrons. The number of sulfonamides is 1. The second-order valence-electron chi connectivity index (χ2n) is 4.11. The van der Waals surface area contributed by atoms with Crippen molar-refractivity contribution in [3.63, 3.8) is 0 Å². The van der Waals surface area contributed by atoms with E-state index in [4.69, 9.17) is 16.3 Å². The quantitative estimate of drug-likeness (QED) is 0.563. The summed E-state index contributed by atoms with van der Waals surface area (Å²) in [5.41, 5.74) is 1.42. The van der Waals surface area contributed by atoms with E-state index in [1.807, 2.05) is 19.1 Å². The fourth-order valence-electron chi connectivity index (χ4n) is 1.56. The van der Waals surface area contributed by atoms with E-state index in [0.717, 1.165) is 5.56 Å². The van der Waals surface area contributed by atoms with Crippen molar-refractivity contribution in [1.82, 2.24) is 0 Å². The maximum atomic E-state index is 11.9. The van der Waals surface area contributed by atoms with E-state index in [1.54, 1.807) is 12.1 Å². The van der Waals surface area contributed by atoms with Gasteiger partial charge in [0.2, 0.25) is 10.0 Å². The lowest BCUT2D eigenvalue weighted by molar-refractivity contribution is 0.134. The van der Waals surface area contributed by atoms with E-state index in [0.29, 0.717) is 37.6 Å². The molecule has 0 aromatic heterocycles. The highest BCUT2D eigenvalue weighted by molar-refractivity contribution is 7.92. The molecule has 0 saturated carbocycles. The van der Waals surface area contributed by atoms with Gasteiger partial charge in [-0.2, -0.15) is 0 Å². The molecule has 1 N–H and O–H groups in total. The Labute approximate surface area is 120 Å². The van der Waals surface area contributed by atoms with Crippen molar-refractivity contribution in [3.8, 4) is 0 Å². The van der Waals surface area contributed by atoms with E-state index >= 15 is 0 Å². The van der Waals surface area contributed by atoms with E-state index in [2.05, 4.69) is 4.72 Å². The fraction of sp³-hybridized carbons (Fsp3) is 0.538. The molecule has 4 nitrogen and oxygen atoms in total. The number of nitrogens with one attached hydrogen (secondary N) is 1. The van der Waals surface area contributed by atoms with Crippen molar-refractivity contribution in [3.05, 3.63) is 29.8 Å². The average molecular weight is 306 g/mol. The molecule has 0 fully saturated rings. The first-order valence-corrected chi connectivity index (χ1v) is 8.50. The third kappa shape index (κ3) is 6.27. The molecular weight excluding hydrogens is 286 g/mol. The van der Waals surface area contributed by atoms with E-state index in [9.17, 15) is 8.42 Å². The number of halogens is 1. The van der Waals surface area contributed by atoms with Crippen LogP contribution in [-0.4, -0.2) is 26.7 Å². The summed E-state index contributed by atoms with van der Waals surface area (Å²) < 4.78 is 31.7. The van der Waals surface area contributed by atoms with Gasteiger partial charge < -0.3 is 4.74 Å². The number of benzene rings is 1. The molecule has 19 heavy (non-hydrogen) atoms. The molecule has 0 heterocycles. The van der Waals surface area contributed by atoms with Gasteiger partial charge in [0.1, 0.15) is 0 Å². The molecule has 1 rings (SSSR count). The van der Waals surface area contributed by atoms with Gasteiger partial charge in [-0.1, -0.05) is 18.2 Å². The number of alkyl halides is 1. The van der Waals surface area contributed by atoms with Crippen molar-refractivity contribution in [2.24, 2.45) is 0 Å². The summed E-state index contributed by atoms with van der Waals surface area (Å²) >= 11 is 5.54. The topological polar surface area (TPSA) is 55.4 Å². The second kappa shape index (κ2) is 8.40. The average Bonchev–Trinajstić information content (AvgIpc) is 2.37.